The Labute approximate surface area is 62.8 Å². The van der Waals surface area contributed by atoms with Crippen LogP contribution in [0.4, 0.5) is 0 Å². The van der Waals surface area contributed by atoms with E-state index in [9.17, 15) is 4.79 Å². The first-order valence-corrected chi connectivity index (χ1v) is 4.14. The lowest BCUT2D eigenvalue weighted by molar-refractivity contribution is -0.121. The molecule has 1 rings (SSSR count). The van der Waals surface area contributed by atoms with Crippen molar-refractivity contribution in [1.82, 2.24) is 0 Å². The van der Waals surface area contributed by atoms with Crippen LogP contribution >= 0.6 is 0 Å². The first-order valence-electron chi connectivity index (χ1n) is 4.14. The summed E-state index contributed by atoms with van der Waals surface area (Å²) >= 11 is 0. The van der Waals surface area contributed by atoms with Crippen LogP contribution in [0.3, 0.4) is 0 Å². The minimum absolute atomic E-state index is 0.370. The second-order valence-electron chi connectivity index (χ2n) is 3.86. The Kier molecular flexibility index (Phi) is 2.12. The molecule has 10 heavy (non-hydrogen) atoms. The fourth-order valence-corrected chi connectivity index (χ4v) is 1.79. The van der Waals surface area contributed by atoms with Gasteiger partial charge in [-0.25, -0.2) is 0 Å². The summed E-state index contributed by atoms with van der Waals surface area (Å²) in [5, 5.41) is 0. The van der Waals surface area contributed by atoms with Gasteiger partial charge >= 0.3 is 0 Å². The predicted molar refractivity (Wildman–Crippen MR) is 41.7 cm³/mol. The summed E-state index contributed by atoms with van der Waals surface area (Å²) in [7, 11) is 0. The Morgan fingerprint density at radius 1 is 1.50 bits per heavy atom. The zero-order valence-electron chi connectivity index (χ0n) is 7.05. The number of carbonyl (C=O) groups is 1. The highest BCUT2D eigenvalue weighted by molar-refractivity contribution is 5.83. The van der Waals surface area contributed by atoms with Crippen LogP contribution in [0.1, 0.15) is 33.6 Å². The van der Waals surface area contributed by atoms with E-state index in [4.69, 9.17) is 0 Å². The van der Waals surface area contributed by atoms with Gasteiger partial charge in [0.2, 0.25) is 0 Å². The maximum atomic E-state index is 11.2. The molecular weight excluding hydrogens is 124 g/mol. The topological polar surface area (TPSA) is 17.1 Å². The molecule has 2 atom stereocenters. The fraction of sp³-hybridized carbons (Fsp3) is 0.889. The molecular formula is C9H16O. The average molecular weight is 140 g/mol. The molecule has 0 amide bonds. The quantitative estimate of drug-likeness (QED) is 0.546. The number of carbonyl (C=O) groups excluding carboxylic acids is 1. The smallest absolute Gasteiger partial charge is 0.136 e. The van der Waals surface area contributed by atoms with Crippen molar-refractivity contribution in [1.29, 1.82) is 0 Å². The molecule has 0 aliphatic heterocycles. The van der Waals surface area contributed by atoms with E-state index in [1.165, 1.54) is 0 Å². The van der Waals surface area contributed by atoms with Crippen LogP contribution in [0.15, 0.2) is 0 Å². The fourth-order valence-electron chi connectivity index (χ4n) is 1.79. The number of hydrogen-bond acceptors (Lipinski definition) is 1. The van der Waals surface area contributed by atoms with Gasteiger partial charge < -0.3 is 0 Å². The van der Waals surface area contributed by atoms with Crippen molar-refractivity contribution in [3.05, 3.63) is 0 Å². The first-order chi connectivity index (χ1) is 4.61. The van der Waals surface area contributed by atoms with Gasteiger partial charge in [0.1, 0.15) is 5.78 Å². The van der Waals surface area contributed by atoms with Gasteiger partial charge in [-0.2, -0.15) is 0 Å². The molecule has 1 aliphatic carbocycles. The average Bonchev–Trinajstić information content (AvgIpc) is 2.10. The van der Waals surface area contributed by atoms with E-state index in [2.05, 4.69) is 20.8 Å². The maximum absolute atomic E-state index is 11.2. The van der Waals surface area contributed by atoms with E-state index in [1.54, 1.807) is 0 Å². The summed E-state index contributed by atoms with van der Waals surface area (Å²) in [6, 6.07) is 0. The summed E-state index contributed by atoms with van der Waals surface area (Å²) in [6.45, 7) is 6.45. The van der Waals surface area contributed by atoms with Gasteiger partial charge in [-0.15, -0.1) is 0 Å². The highest BCUT2D eigenvalue weighted by Gasteiger charge is 2.31. The highest BCUT2D eigenvalue weighted by Crippen LogP contribution is 2.31. The molecule has 0 radical (unpaired) electrons. The lowest BCUT2D eigenvalue weighted by Crippen LogP contribution is -2.12. The zero-order chi connectivity index (χ0) is 7.72. The maximum Gasteiger partial charge on any atom is 0.136 e. The van der Waals surface area contributed by atoms with Crippen molar-refractivity contribution in [2.24, 2.45) is 17.8 Å². The van der Waals surface area contributed by atoms with Gasteiger partial charge in [-0.3, -0.25) is 4.79 Å². The third kappa shape index (κ3) is 1.39. The monoisotopic (exact) mass is 140 g/mol. The Hall–Kier alpha value is -0.330. The van der Waals surface area contributed by atoms with Crippen LogP contribution in [0.5, 0.6) is 0 Å². The van der Waals surface area contributed by atoms with Crippen LogP contribution in [0.25, 0.3) is 0 Å². The standard InChI is InChI=1S/C9H16O/c1-6(2)8-4-7(3)5-9(8)10/h6-8H,4-5H2,1-3H3. The first kappa shape index (κ1) is 7.77. The molecule has 0 saturated heterocycles. The second-order valence-corrected chi connectivity index (χ2v) is 3.86. The third-order valence-corrected chi connectivity index (χ3v) is 2.42. The lowest BCUT2D eigenvalue weighted by atomic mass is 9.93. The van der Waals surface area contributed by atoms with Gasteiger partial charge in [0.05, 0.1) is 0 Å². The molecule has 1 nitrogen and oxygen atoms in total. The van der Waals surface area contributed by atoms with Gasteiger partial charge in [0.15, 0.2) is 0 Å². The van der Waals surface area contributed by atoms with E-state index in [0.29, 0.717) is 23.5 Å². The molecule has 0 bridgehead atoms. The SMILES string of the molecule is CC1CC(=O)C(C(C)C)C1. The largest absolute Gasteiger partial charge is 0.299 e. The van der Waals surface area contributed by atoms with Gasteiger partial charge in [0, 0.05) is 12.3 Å². The van der Waals surface area contributed by atoms with Crippen LogP contribution in [-0.2, 0) is 4.79 Å². The molecule has 0 spiro atoms. The normalized spacial score (nSPS) is 33.8. The molecule has 0 aromatic rings. The zero-order valence-corrected chi connectivity index (χ0v) is 7.05. The molecule has 1 saturated carbocycles. The molecule has 1 heteroatoms. The predicted octanol–water partition coefficient (Wildman–Crippen LogP) is 2.26. The van der Waals surface area contributed by atoms with E-state index in [1.807, 2.05) is 0 Å². The molecule has 1 aliphatic rings. The van der Waals surface area contributed by atoms with Crippen molar-refractivity contribution in [3.63, 3.8) is 0 Å². The number of Topliss-reactive ketones (excluding diaryl/α,β-unsaturated/α-hetero) is 1. The molecule has 0 aromatic carbocycles. The summed E-state index contributed by atoms with van der Waals surface area (Å²) in [5.41, 5.74) is 0. The van der Waals surface area contributed by atoms with Gasteiger partial charge in [0.25, 0.3) is 0 Å². The Morgan fingerprint density at radius 2 is 2.10 bits per heavy atom. The van der Waals surface area contributed by atoms with Gasteiger partial charge in [-0.1, -0.05) is 20.8 Å². The number of hydrogen-bond donors (Lipinski definition) is 0. The summed E-state index contributed by atoms with van der Waals surface area (Å²) in [6.07, 6.45) is 1.94. The molecule has 0 heterocycles. The number of ketones is 1. The Balaban J connectivity index is 2.55. The van der Waals surface area contributed by atoms with Crippen LogP contribution in [0, 0.1) is 17.8 Å². The summed E-state index contributed by atoms with van der Waals surface area (Å²) in [4.78, 5) is 11.2. The van der Waals surface area contributed by atoms with Gasteiger partial charge in [-0.05, 0) is 18.3 Å². The van der Waals surface area contributed by atoms with Crippen LogP contribution in [0.2, 0.25) is 0 Å². The third-order valence-electron chi connectivity index (χ3n) is 2.42. The minimum Gasteiger partial charge on any atom is -0.299 e. The summed E-state index contributed by atoms with van der Waals surface area (Å²) in [5.74, 6) is 2.05. The van der Waals surface area contributed by atoms with E-state index in [0.717, 1.165) is 12.8 Å². The molecule has 2 unspecified atom stereocenters. The van der Waals surface area contributed by atoms with Crippen molar-refractivity contribution in [3.8, 4) is 0 Å². The van der Waals surface area contributed by atoms with E-state index < -0.39 is 0 Å². The van der Waals surface area contributed by atoms with Crippen molar-refractivity contribution in [2.75, 3.05) is 0 Å². The van der Waals surface area contributed by atoms with Crippen LogP contribution in [-0.4, -0.2) is 5.78 Å². The molecule has 0 aromatic heterocycles. The molecule has 0 N–H and O–H groups in total. The van der Waals surface area contributed by atoms with Crippen molar-refractivity contribution in [2.45, 2.75) is 33.6 Å². The Morgan fingerprint density at radius 3 is 2.30 bits per heavy atom. The summed E-state index contributed by atoms with van der Waals surface area (Å²) < 4.78 is 0. The molecule has 1 fully saturated rings. The second kappa shape index (κ2) is 2.73. The van der Waals surface area contributed by atoms with E-state index in [-0.39, 0.29) is 0 Å². The minimum atomic E-state index is 0.370. The van der Waals surface area contributed by atoms with Crippen molar-refractivity contribution >= 4 is 5.78 Å². The number of rotatable bonds is 1. The lowest BCUT2D eigenvalue weighted by Gasteiger charge is -2.11. The van der Waals surface area contributed by atoms with Crippen molar-refractivity contribution < 1.29 is 4.79 Å². The Bertz CT molecular complexity index is 138. The van der Waals surface area contributed by atoms with E-state index >= 15 is 0 Å². The van der Waals surface area contributed by atoms with Crippen LogP contribution < -0.4 is 0 Å². The highest BCUT2D eigenvalue weighted by atomic mass is 16.1. The molecule has 58 valence electrons.